The zero-order chi connectivity index (χ0) is 14.3. The summed E-state index contributed by atoms with van der Waals surface area (Å²) in [4.78, 5) is 0. The van der Waals surface area contributed by atoms with Crippen LogP contribution in [0.4, 0.5) is 0 Å². The molecule has 5 heteroatoms. The van der Waals surface area contributed by atoms with Gasteiger partial charge in [0.05, 0.1) is 0 Å². The molecule has 0 spiro atoms. The number of hydrogen-bond donors (Lipinski definition) is 0. The van der Waals surface area contributed by atoms with Crippen molar-refractivity contribution in [3.63, 3.8) is 0 Å². The first kappa shape index (κ1) is 31.5. The fraction of sp³-hybridized carbons (Fsp3) is 1.00. The van der Waals surface area contributed by atoms with Crippen molar-refractivity contribution in [2.45, 2.75) is 0 Å². The van der Waals surface area contributed by atoms with Crippen molar-refractivity contribution >= 4 is 31.7 Å². The average molecular weight is 367 g/mol. The first-order valence-electron chi connectivity index (χ1n) is 6.00. The van der Waals surface area contributed by atoms with E-state index in [9.17, 15) is 0 Å². The molecule has 0 atom stereocenters. The minimum absolute atomic E-state index is 0. The van der Waals surface area contributed by atoms with Gasteiger partial charge in [-0.3, -0.25) is 0 Å². The molecule has 0 aromatic carbocycles. The maximum Gasteiger partial charge on any atom is 0.0461 e. The maximum absolute atomic E-state index is 2.27. The predicted octanol–water partition coefficient (Wildman–Crippen LogP) is 4.36. The van der Waals surface area contributed by atoms with Crippen LogP contribution in [0.15, 0.2) is 0 Å². The van der Waals surface area contributed by atoms with Crippen LogP contribution >= 0.6 is 31.7 Å². The Bertz CT molecular complexity index is 61.5. The van der Waals surface area contributed by atoms with Crippen LogP contribution in [0.3, 0.4) is 0 Å². The molecule has 0 amide bonds. The van der Waals surface area contributed by atoms with Gasteiger partial charge < -0.3 is 0 Å². The SMILES string of the molecule is C[PH+](C)C.C[PH+](C)C.C[PH+](C)C.C[PH+](C)C.[Ni]. The van der Waals surface area contributed by atoms with Crippen LogP contribution < -0.4 is 0 Å². The Morgan fingerprint density at radius 2 is 0.294 bits per heavy atom. The summed E-state index contributed by atoms with van der Waals surface area (Å²) in [6, 6.07) is 0. The van der Waals surface area contributed by atoms with E-state index in [1.807, 2.05) is 0 Å². The third-order valence-corrected chi connectivity index (χ3v) is 0. The summed E-state index contributed by atoms with van der Waals surface area (Å²) in [6.45, 7) is 27.2. The normalized spacial score (nSPS) is 8.47. The minimum atomic E-state index is 0. The molecule has 0 N–H and O–H groups in total. The van der Waals surface area contributed by atoms with Gasteiger partial charge in [0, 0.05) is 96.5 Å². The van der Waals surface area contributed by atoms with Crippen molar-refractivity contribution < 1.29 is 16.5 Å². The van der Waals surface area contributed by atoms with Crippen LogP contribution in [-0.2, 0) is 16.5 Å². The van der Waals surface area contributed by atoms with Crippen molar-refractivity contribution in [1.29, 1.82) is 0 Å². The van der Waals surface area contributed by atoms with E-state index in [0.717, 1.165) is 0 Å². The Labute approximate surface area is 128 Å². The first-order valence-corrected chi connectivity index (χ1v) is 18.0. The van der Waals surface area contributed by atoms with E-state index in [1.165, 1.54) is 0 Å². The molecule has 0 aliphatic rings. The molecular formula is C12H40NiP4+4. The van der Waals surface area contributed by atoms with Gasteiger partial charge in [-0.2, -0.15) is 0 Å². The van der Waals surface area contributed by atoms with E-state index in [1.54, 1.807) is 0 Å². The summed E-state index contributed by atoms with van der Waals surface area (Å²) in [5, 5.41) is 0. The Morgan fingerprint density at radius 1 is 0.294 bits per heavy atom. The van der Waals surface area contributed by atoms with Gasteiger partial charge in [0.1, 0.15) is 0 Å². The molecule has 0 saturated heterocycles. The van der Waals surface area contributed by atoms with Crippen LogP contribution in [0.25, 0.3) is 0 Å². The second kappa shape index (κ2) is 26.7. The molecule has 0 aliphatic heterocycles. The Kier molecular flexibility index (Phi) is 49.6. The quantitative estimate of drug-likeness (QED) is 0.441. The largest absolute Gasteiger partial charge is 0.0461 e. The van der Waals surface area contributed by atoms with Crippen molar-refractivity contribution in [2.24, 2.45) is 0 Å². The van der Waals surface area contributed by atoms with Crippen molar-refractivity contribution in [1.82, 2.24) is 0 Å². The van der Waals surface area contributed by atoms with E-state index >= 15 is 0 Å². The molecule has 0 aromatic heterocycles. The minimum Gasteiger partial charge on any atom is -0.00840 e. The monoisotopic (exact) mass is 366 g/mol. The zero-order valence-electron chi connectivity index (χ0n) is 14.3. The second-order valence-electron chi connectivity index (χ2n) is 6.00. The second-order valence-corrected chi connectivity index (χ2v) is 18.0. The fourth-order valence-corrected chi connectivity index (χ4v) is 0. The van der Waals surface area contributed by atoms with Gasteiger partial charge >= 0.3 is 0 Å². The summed E-state index contributed by atoms with van der Waals surface area (Å²) >= 11 is 0. The van der Waals surface area contributed by atoms with Gasteiger partial charge in [0.25, 0.3) is 0 Å². The van der Waals surface area contributed by atoms with Gasteiger partial charge in [-0.05, 0) is 31.7 Å². The summed E-state index contributed by atoms with van der Waals surface area (Å²) in [5.74, 6) is 0. The molecule has 0 unspecified atom stereocenters. The molecule has 0 bridgehead atoms. The van der Waals surface area contributed by atoms with Crippen molar-refractivity contribution in [3.05, 3.63) is 0 Å². The molecule has 0 rings (SSSR count). The van der Waals surface area contributed by atoms with Gasteiger partial charge in [0.2, 0.25) is 0 Å². The topological polar surface area (TPSA) is 0 Å². The predicted molar refractivity (Wildman–Crippen MR) is 104 cm³/mol. The Morgan fingerprint density at radius 3 is 0.294 bits per heavy atom. The van der Waals surface area contributed by atoms with Crippen LogP contribution in [-0.4, -0.2) is 80.0 Å². The van der Waals surface area contributed by atoms with Crippen LogP contribution in [0, 0.1) is 0 Å². The molecule has 0 saturated carbocycles. The molecule has 0 nitrogen and oxygen atoms in total. The van der Waals surface area contributed by atoms with E-state index in [-0.39, 0.29) is 48.2 Å². The van der Waals surface area contributed by atoms with E-state index in [4.69, 9.17) is 0 Å². The molecule has 0 fully saturated rings. The van der Waals surface area contributed by atoms with Gasteiger partial charge in [-0.25, -0.2) is 0 Å². The molecule has 114 valence electrons. The standard InChI is InChI=1S/4C3H9P.Ni/c4*1-4(2)3;/h4*1-3H3;/p+4. The smallest absolute Gasteiger partial charge is 0.00840 e. The average Bonchev–Trinajstić information content (AvgIpc) is 1.76. The molecule has 0 radical (unpaired) electrons. The van der Waals surface area contributed by atoms with Crippen molar-refractivity contribution in [2.75, 3.05) is 80.0 Å². The van der Waals surface area contributed by atoms with E-state index < -0.39 is 0 Å². The zero-order valence-corrected chi connectivity index (χ0v) is 19.3. The summed E-state index contributed by atoms with van der Waals surface area (Å²) in [5.41, 5.74) is 0. The Balaban J connectivity index is -0.0000000369. The van der Waals surface area contributed by atoms with E-state index in [0.29, 0.717) is 0 Å². The number of hydrogen-bond acceptors (Lipinski definition) is 0. The summed E-state index contributed by atoms with van der Waals surface area (Å²) in [7, 11) is 0.481. The van der Waals surface area contributed by atoms with Crippen LogP contribution in [0.2, 0.25) is 0 Å². The van der Waals surface area contributed by atoms with Gasteiger partial charge in [-0.15, -0.1) is 0 Å². The summed E-state index contributed by atoms with van der Waals surface area (Å²) in [6.07, 6.45) is 0. The fourth-order valence-electron chi connectivity index (χ4n) is 0. The molecule has 0 heterocycles. The van der Waals surface area contributed by atoms with Crippen LogP contribution in [0.1, 0.15) is 0 Å². The number of rotatable bonds is 0. The molecule has 17 heavy (non-hydrogen) atoms. The maximum atomic E-state index is 2.27. The molecular weight excluding hydrogens is 327 g/mol. The van der Waals surface area contributed by atoms with Gasteiger partial charge in [-0.1, -0.05) is 0 Å². The third-order valence-electron chi connectivity index (χ3n) is 0. The first-order chi connectivity index (χ1) is 6.93. The van der Waals surface area contributed by atoms with Crippen LogP contribution in [0.5, 0.6) is 0 Å². The third kappa shape index (κ3) is 977. The van der Waals surface area contributed by atoms with Crippen molar-refractivity contribution in [3.8, 4) is 0 Å². The molecule has 0 aliphatic carbocycles. The van der Waals surface area contributed by atoms with Gasteiger partial charge in [0.15, 0.2) is 0 Å². The summed E-state index contributed by atoms with van der Waals surface area (Å²) < 4.78 is 0. The Hall–Kier alpha value is 2.21. The van der Waals surface area contributed by atoms with E-state index in [2.05, 4.69) is 80.0 Å². The molecule has 0 aromatic rings.